The van der Waals surface area contributed by atoms with Crippen molar-refractivity contribution in [1.29, 1.82) is 0 Å². The van der Waals surface area contributed by atoms with E-state index < -0.39 is 0 Å². The maximum absolute atomic E-state index is 11.6. The van der Waals surface area contributed by atoms with Crippen LogP contribution in [0, 0.1) is 40.4 Å². The van der Waals surface area contributed by atoms with Gasteiger partial charge in [-0.25, -0.2) is 4.79 Å². The van der Waals surface area contributed by atoms with Gasteiger partial charge in [-0.3, -0.25) is 0 Å². The number of esters is 1. The molecule has 5 aliphatic rings. The second kappa shape index (κ2) is 5.60. The zero-order valence-electron chi connectivity index (χ0n) is 16.1. The van der Waals surface area contributed by atoms with Gasteiger partial charge in [-0.05, 0) is 97.4 Å². The van der Waals surface area contributed by atoms with E-state index in [1.807, 2.05) is 6.08 Å². The van der Waals surface area contributed by atoms with E-state index in [1.54, 1.807) is 0 Å². The van der Waals surface area contributed by atoms with Crippen molar-refractivity contribution in [2.75, 3.05) is 6.61 Å². The van der Waals surface area contributed by atoms with Crippen LogP contribution < -0.4 is 0 Å². The standard InChI is InChI=1S/C23H34O2/c1-22-11-4-3-5-16(22)6-7-17-19-9-8-18(15-13-21(24)25-14-15)23(19,2)12-10-20(17)22/h13,16-20H,3-12,14H2,1-2H3/t16?,17-,18+,19-,20-,22-,23+/m0/s1. The normalized spacial score (nSPS) is 52.0. The van der Waals surface area contributed by atoms with E-state index in [0.717, 1.165) is 23.7 Å². The fraction of sp³-hybridized carbons (Fsp3) is 0.870. The number of carbonyl (C=O) groups is 1. The van der Waals surface area contributed by atoms with Gasteiger partial charge in [-0.1, -0.05) is 26.7 Å². The number of fused-ring (bicyclic) bond motifs is 5. The maximum Gasteiger partial charge on any atom is 0.331 e. The summed E-state index contributed by atoms with van der Waals surface area (Å²) in [5.74, 6) is 4.30. The Morgan fingerprint density at radius 2 is 1.76 bits per heavy atom. The quantitative estimate of drug-likeness (QED) is 0.587. The molecule has 2 heteroatoms. The first-order chi connectivity index (χ1) is 12.0. The molecular weight excluding hydrogens is 308 g/mol. The molecule has 4 saturated carbocycles. The molecule has 2 nitrogen and oxygen atoms in total. The molecular formula is C23H34O2. The van der Waals surface area contributed by atoms with Gasteiger partial charge in [0, 0.05) is 6.08 Å². The van der Waals surface area contributed by atoms with Crippen LogP contribution in [0.15, 0.2) is 11.6 Å². The summed E-state index contributed by atoms with van der Waals surface area (Å²) in [5.41, 5.74) is 2.36. The first kappa shape index (κ1) is 16.4. The number of hydrogen-bond donors (Lipinski definition) is 0. The van der Waals surface area contributed by atoms with Gasteiger partial charge >= 0.3 is 5.97 Å². The third-order valence-corrected chi connectivity index (χ3v) is 9.72. The Labute approximate surface area is 152 Å². The van der Waals surface area contributed by atoms with Crippen molar-refractivity contribution in [3.8, 4) is 0 Å². The third-order valence-electron chi connectivity index (χ3n) is 9.72. The molecule has 138 valence electrons. The molecule has 4 fully saturated rings. The van der Waals surface area contributed by atoms with Gasteiger partial charge in [0.2, 0.25) is 0 Å². The summed E-state index contributed by atoms with van der Waals surface area (Å²) < 4.78 is 5.26. The minimum absolute atomic E-state index is 0.106. The molecule has 0 N–H and O–H groups in total. The summed E-state index contributed by atoms with van der Waals surface area (Å²) in [6.07, 6.45) is 16.2. The van der Waals surface area contributed by atoms with Crippen LogP contribution in [0.5, 0.6) is 0 Å². The lowest BCUT2D eigenvalue weighted by atomic mass is 9.44. The van der Waals surface area contributed by atoms with Crippen molar-refractivity contribution >= 4 is 5.97 Å². The van der Waals surface area contributed by atoms with Crippen molar-refractivity contribution in [2.24, 2.45) is 40.4 Å². The van der Waals surface area contributed by atoms with Crippen molar-refractivity contribution < 1.29 is 9.53 Å². The first-order valence-electron chi connectivity index (χ1n) is 10.9. The summed E-state index contributed by atoms with van der Waals surface area (Å²) in [6.45, 7) is 5.79. The van der Waals surface area contributed by atoms with Crippen LogP contribution in [0.1, 0.15) is 78.1 Å². The Balaban J connectivity index is 1.43. The molecule has 1 aliphatic heterocycles. The van der Waals surface area contributed by atoms with Gasteiger partial charge < -0.3 is 4.74 Å². The topological polar surface area (TPSA) is 26.3 Å². The summed E-state index contributed by atoms with van der Waals surface area (Å²) in [4.78, 5) is 11.6. The number of cyclic esters (lactones) is 1. The second-order valence-electron chi connectivity index (χ2n) is 10.4. The molecule has 0 aromatic heterocycles. The summed E-state index contributed by atoms with van der Waals surface area (Å²) in [7, 11) is 0. The van der Waals surface area contributed by atoms with E-state index in [9.17, 15) is 4.79 Å². The number of hydrogen-bond acceptors (Lipinski definition) is 2. The smallest absolute Gasteiger partial charge is 0.331 e. The highest BCUT2D eigenvalue weighted by atomic mass is 16.5. The molecule has 0 spiro atoms. The van der Waals surface area contributed by atoms with Crippen LogP contribution in [0.4, 0.5) is 0 Å². The second-order valence-corrected chi connectivity index (χ2v) is 10.4. The van der Waals surface area contributed by atoms with Crippen LogP contribution in [0.25, 0.3) is 0 Å². The molecule has 5 rings (SSSR count). The summed E-state index contributed by atoms with van der Waals surface area (Å²) in [6, 6.07) is 0. The number of carbonyl (C=O) groups excluding carboxylic acids is 1. The largest absolute Gasteiger partial charge is 0.458 e. The predicted octanol–water partition coefficient (Wildman–Crippen LogP) is 5.52. The van der Waals surface area contributed by atoms with Gasteiger partial charge in [-0.2, -0.15) is 0 Å². The minimum Gasteiger partial charge on any atom is -0.458 e. The van der Waals surface area contributed by atoms with Gasteiger partial charge in [-0.15, -0.1) is 0 Å². The van der Waals surface area contributed by atoms with E-state index in [2.05, 4.69) is 13.8 Å². The molecule has 0 bridgehead atoms. The van der Waals surface area contributed by atoms with E-state index in [0.29, 0.717) is 23.4 Å². The highest BCUT2D eigenvalue weighted by molar-refractivity contribution is 5.85. The number of ether oxygens (including phenoxy) is 1. The first-order valence-corrected chi connectivity index (χ1v) is 10.9. The van der Waals surface area contributed by atoms with E-state index in [1.165, 1.54) is 69.8 Å². The lowest BCUT2D eigenvalue weighted by Crippen LogP contribution is -2.52. The Hall–Kier alpha value is -0.790. The Kier molecular flexibility index (Phi) is 3.67. The maximum atomic E-state index is 11.6. The van der Waals surface area contributed by atoms with Crippen LogP contribution in [-0.2, 0) is 9.53 Å². The zero-order valence-corrected chi connectivity index (χ0v) is 16.1. The fourth-order valence-corrected chi connectivity index (χ4v) is 8.49. The van der Waals surface area contributed by atoms with Crippen molar-refractivity contribution in [2.45, 2.75) is 78.1 Å². The van der Waals surface area contributed by atoms with Gasteiger partial charge in [0.25, 0.3) is 0 Å². The molecule has 0 amide bonds. The molecule has 7 atom stereocenters. The predicted molar refractivity (Wildman–Crippen MR) is 98.9 cm³/mol. The summed E-state index contributed by atoms with van der Waals surface area (Å²) in [5, 5.41) is 0. The van der Waals surface area contributed by atoms with E-state index in [-0.39, 0.29) is 5.97 Å². The van der Waals surface area contributed by atoms with Gasteiger partial charge in [0.1, 0.15) is 6.61 Å². The highest BCUT2D eigenvalue weighted by Crippen LogP contribution is 2.68. The Bertz CT molecular complexity index is 607. The van der Waals surface area contributed by atoms with Gasteiger partial charge in [0.05, 0.1) is 0 Å². The molecule has 1 unspecified atom stereocenters. The molecule has 0 saturated heterocycles. The highest BCUT2D eigenvalue weighted by Gasteiger charge is 2.60. The van der Waals surface area contributed by atoms with Crippen molar-refractivity contribution in [3.63, 3.8) is 0 Å². The zero-order chi connectivity index (χ0) is 17.2. The van der Waals surface area contributed by atoms with Crippen molar-refractivity contribution in [3.05, 3.63) is 11.6 Å². The fourth-order valence-electron chi connectivity index (χ4n) is 8.49. The molecule has 0 radical (unpaired) electrons. The number of rotatable bonds is 1. The van der Waals surface area contributed by atoms with Crippen LogP contribution in [-0.4, -0.2) is 12.6 Å². The third kappa shape index (κ3) is 2.24. The van der Waals surface area contributed by atoms with Crippen molar-refractivity contribution in [1.82, 2.24) is 0 Å². The molecule has 4 aliphatic carbocycles. The average molecular weight is 343 g/mol. The average Bonchev–Trinajstić information content (AvgIpc) is 3.16. The molecule has 1 heterocycles. The van der Waals surface area contributed by atoms with Gasteiger partial charge in [0.15, 0.2) is 0 Å². The summed E-state index contributed by atoms with van der Waals surface area (Å²) >= 11 is 0. The SMILES string of the molecule is C[C@]12CC[C@H]3[C@@H](CCC4CCCC[C@@]43C)[C@@H]1CC[C@@H]2C1=CC(=O)OC1. The van der Waals surface area contributed by atoms with E-state index in [4.69, 9.17) is 4.74 Å². The minimum atomic E-state index is -0.106. The molecule has 0 aromatic rings. The Morgan fingerprint density at radius 1 is 0.920 bits per heavy atom. The molecule has 25 heavy (non-hydrogen) atoms. The van der Waals surface area contributed by atoms with Crippen LogP contribution in [0.2, 0.25) is 0 Å². The van der Waals surface area contributed by atoms with Crippen LogP contribution in [0.3, 0.4) is 0 Å². The molecule has 0 aromatic carbocycles. The monoisotopic (exact) mass is 342 g/mol. The van der Waals surface area contributed by atoms with Crippen LogP contribution >= 0.6 is 0 Å². The lowest BCUT2D eigenvalue weighted by molar-refractivity contribution is -0.135. The Morgan fingerprint density at radius 3 is 2.56 bits per heavy atom. The lowest BCUT2D eigenvalue weighted by Gasteiger charge is -2.60. The van der Waals surface area contributed by atoms with E-state index >= 15 is 0 Å².